The fraction of sp³-hybridized carbons (Fsp3) is 0.636. The van der Waals surface area contributed by atoms with Crippen LogP contribution in [0.25, 0.3) is 0 Å². The lowest BCUT2D eigenvalue weighted by molar-refractivity contribution is 0.813. The molecule has 0 aromatic carbocycles. The summed E-state index contributed by atoms with van der Waals surface area (Å²) in [5.41, 5.74) is 1.27. The van der Waals surface area contributed by atoms with Crippen LogP contribution in [0.5, 0.6) is 0 Å². The van der Waals surface area contributed by atoms with Crippen molar-refractivity contribution < 1.29 is 0 Å². The number of rotatable bonds is 6. The van der Waals surface area contributed by atoms with Crippen molar-refractivity contribution in [1.29, 1.82) is 0 Å². The van der Waals surface area contributed by atoms with E-state index in [4.69, 9.17) is 0 Å². The van der Waals surface area contributed by atoms with Crippen LogP contribution >= 0.6 is 0 Å². The topological polar surface area (TPSA) is 0 Å². The first kappa shape index (κ1) is 10.5. The van der Waals surface area contributed by atoms with Crippen molar-refractivity contribution >= 4 is 0 Å². The molecule has 0 nitrogen and oxygen atoms in total. The molecule has 11 heavy (non-hydrogen) atoms. The molecule has 0 spiro atoms. The fourth-order valence-corrected chi connectivity index (χ4v) is 0.976. The van der Waals surface area contributed by atoms with Crippen LogP contribution in [0.2, 0.25) is 0 Å². The number of hydrogen-bond donors (Lipinski definition) is 0. The predicted molar refractivity (Wildman–Crippen MR) is 52.7 cm³/mol. The Balaban J connectivity index is 3.32. The van der Waals surface area contributed by atoms with Crippen LogP contribution in [0.3, 0.4) is 0 Å². The Labute approximate surface area is 71.0 Å². The van der Waals surface area contributed by atoms with Crippen LogP contribution in [0.15, 0.2) is 24.3 Å². The van der Waals surface area contributed by atoms with E-state index in [1.807, 2.05) is 0 Å². The summed E-state index contributed by atoms with van der Waals surface area (Å²) in [6.45, 7) is 8.36. The van der Waals surface area contributed by atoms with Gasteiger partial charge in [0.1, 0.15) is 0 Å². The zero-order chi connectivity index (χ0) is 8.53. The standard InChI is InChI=1S/C11H20/c1-4-6-7-8-10-11(3)9-5-2/h8,10H,3-7,9H2,1-2H3. The van der Waals surface area contributed by atoms with Crippen molar-refractivity contribution in [2.75, 3.05) is 0 Å². The Morgan fingerprint density at radius 3 is 2.55 bits per heavy atom. The molecule has 0 saturated carbocycles. The normalized spacial score (nSPS) is 10.7. The van der Waals surface area contributed by atoms with Gasteiger partial charge in [0.05, 0.1) is 0 Å². The lowest BCUT2D eigenvalue weighted by Crippen LogP contribution is -1.74. The summed E-state index contributed by atoms with van der Waals surface area (Å²) in [6, 6.07) is 0. The van der Waals surface area contributed by atoms with Gasteiger partial charge < -0.3 is 0 Å². The number of unbranched alkanes of at least 4 members (excludes halogenated alkanes) is 2. The fourth-order valence-electron chi connectivity index (χ4n) is 0.976. The summed E-state index contributed by atoms with van der Waals surface area (Å²) in [7, 11) is 0. The van der Waals surface area contributed by atoms with Gasteiger partial charge >= 0.3 is 0 Å². The van der Waals surface area contributed by atoms with E-state index in [1.165, 1.54) is 31.3 Å². The maximum atomic E-state index is 3.96. The molecule has 0 radical (unpaired) electrons. The predicted octanol–water partition coefficient (Wildman–Crippen LogP) is 4.09. The molecule has 0 unspecified atom stereocenters. The molecular formula is C11H20. The van der Waals surface area contributed by atoms with E-state index >= 15 is 0 Å². The molecule has 0 rings (SSSR count). The minimum Gasteiger partial charge on any atom is -0.0958 e. The van der Waals surface area contributed by atoms with E-state index in [0.29, 0.717) is 0 Å². The SMILES string of the molecule is C=C(C=CCCCC)CCC. The smallest absolute Gasteiger partial charge is 0.0287 e. The first-order valence-corrected chi connectivity index (χ1v) is 4.65. The lowest BCUT2D eigenvalue weighted by atomic mass is 10.1. The highest BCUT2D eigenvalue weighted by Crippen LogP contribution is 2.04. The average molecular weight is 152 g/mol. The Morgan fingerprint density at radius 2 is 2.00 bits per heavy atom. The van der Waals surface area contributed by atoms with Crippen molar-refractivity contribution in [1.82, 2.24) is 0 Å². The summed E-state index contributed by atoms with van der Waals surface area (Å²) in [5, 5.41) is 0. The number of allylic oxidation sites excluding steroid dienone is 3. The van der Waals surface area contributed by atoms with Gasteiger partial charge in [0.25, 0.3) is 0 Å². The maximum Gasteiger partial charge on any atom is -0.0287 e. The Kier molecular flexibility index (Phi) is 7.23. The molecule has 0 saturated heterocycles. The highest BCUT2D eigenvalue weighted by molar-refractivity contribution is 5.13. The second kappa shape index (κ2) is 7.59. The quantitative estimate of drug-likeness (QED) is 0.397. The van der Waals surface area contributed by atoms with Gasteiger partial charge in [-0.2, -0.15) is 0 Å². The van der Waals surface area contributed by atoms with Crippen molar-refractivity contribution in [3.8, 4) is 0 Å². The Morgan fingerprint density at radius 1 is 1.27 bits per heavy atom. The molecule has 0 heterocycles. The molecule has 0 N–H and O–H groups in total. The Hall–Kier alpha value is -0.520. The summed E-state index contributed by atoms with van der Waals surface area (Å²) >= 11 is 0. The molecular weight excluding hydrogens is 132 g/mol. The maximum absolute atomic E-state index is 3.96. The van der Waals surface area contributed by atoms with Gasteiger partial charge in [-0.25, -0.2) is 0 Å². The minimum atomic E-state index is 1.14. The molecule has 0 heteroatoms. The van der Waals surface area contributed by atoms with Gasteiger partial charge in [-0.3, -0.25) is 0 Å². The third kappa shape index (κ3) is 7.38. The van der Waals surface area contributed by atoms with Crippen molar-refractivity contribution in [3.63, 3.8) is 0 Å². The first-order valence-electron chi connectivity index (χ1n) is 4.65. The molecule has 64 valence electrons. The molecule has 0 atom stereocenters. The van der Waals surface area contributed by atoms with Gasteiger partial charge in [-0.1, -0.05) is 57.4 Å². The van der Waals surface area contributed by atoms with Crippen molar-refractivity contribution in [2.45, 2.75) is 46.0 Å². The van der Waals surface area contributed by atoms with Crippen molar-refractivity contribution in [2.24, 2.45) is 0 Å². The highest BCUT2D eigenvalue weighted by atomic mass is 13.9. The summed E-state index contributed by atoms with van der Waals surface area (Å²) < 4.78 is 0. The second-order valence-electron chi connectivity index (χ2n) is 2.95. The third-order valence-electron chi connectivity index (χ3n) is 1.65. The van der Waals surface area contributed by atoms with E-state index in [-0.39, 0.29) is 0 Å². The molecule has 0 aliphatic rings. The molecule has 0 bridgehead atoms. The van der Waals surface area contributed by atoms with Gasteiger partial charge in [-0.05, 0) is 12.8 Å². The van der Waals surface area contributed by atoms with Crippen molar-refractivity contribution in [3.05, 3.63) is 24.3 Å². The van der Waals surface area contributed by atoms with Crippen LogP contribution in [0.4, 0.5) is 0 Å². The van der Waals surface area contributed by atoms with Crippen LogP contribution in [0, 0.1) is 0 Å². The Bertz CT molecular complexity index is 120. The van der Waals surface area contributed by atoms with Gasteiger partial charge in [0.2, 0.25) is 0 Å². The second-order valence-corrected chi connectivity index (χ2v) is 2.95. The van der Waals surface area contributed by atoms with Crippen LogP contribution in [0.1, 0.15) is 46.0 Å². The molecule has 0 aromatic rings. The zero-order valence-corrected chi connectivity index (χ0v) is 7.90. The summed E-state index contributed by atoms with van der Waals surface area (Å²) in [6.07, 6.45) is 10.5. The van der Waals surface area contributed by atoms with Gasteiger partial charge in [0, 0.05) is 0 Å². The average Bonchev–Trinajstić information content (AvgIpc) is 1.99. The minimum absolute atomic E-state index is 1.14. The largest absolute Gasteiger partial charge is 0.0958 e. The van der Waals surface area contributed by atoms with E-state index in [9.17, 15) is 0 Å². The molecule has 0 aliphatic heterocycles. The highest BCUT2D eigenvalue weighted by Gasteiger charge is 1.84. The monoisotopic (exact) mass is 152 g/mol. The molecule has 0 fully saturated rings. The summed E-state index contributed by atoms with van der Waals surface area (Å²) in [4.78, 5) is 0. The van der Waals surface area contributed by atoms with Crippen LogP contribution in [-0.4, -0.2) is 0 Å². The molecule has 0 amide bonds. The summed E-state index contributed by atoms with van der Waals surface area (Å²) in [5.74, 6) is 0. The number of hydrogen-bond acceptors (Lipinski definition) is 0. The van der Waals surface area contributed by atoms with E-state index < -0.39 is 0 Å². The molecule has 0 aliphatic carbocycles. The van der Waals surface area contributed by atoms with Crippen LogP contribution < -0.4 is 0 Å². The zero-order valence-electron chi connectivity index (χ0n) is 7.90. The lowest BCUT2D eigenvalue weighted by Gasteiger charge is -1.94. The van der Waals surface area contributed by atoms with Gasteiger partial charge in [0.15, 0.2) is 0 Å². The van der Waals surface area contributed by atoms with Crippen LogP contribution in [-0.2, 0) is 0 Å². The van der Waals surface area contributed by atoms with E-state index in [0.717, 1.165) is 6.42 Å². The first-order chi connectivity index (χ1) is 5.31. The van der Waals surface area contributed by atoms with E-state index in [2.05, 4.69) is 32.6 Å². The van der Waals surface area contributed by atoms with Gasteiger partial charge in [-0.15, -0.1) is 0 Å². The third-order valence-corrected chi connectivity index (χ3v) is 1.65. The molecule has 0 aromatic heterocycles. The van der Waals surface area contributed by atoms with E-state index in [1.54, 1.807) is 0 Å².